The molecule has 6 nitrogen and oxygen atoms in total. The van der Waals surface area contributed by atoms with Crippen molar-refractivity contribution >= 4 is 17.7 Å². The van der Waals surface area contributed by atoms with E-state index in [4.69, 9.17) is 14.2 Å². The van der Waals surface area contributed by atoms with E-state index in [1.165, 1.54) is 13.8 Å². The zero-order chi connectivity index (χ0) is 21.0. The number of rotatable bonds is 6. The standard InChI is InChI=1S/C23H24O6/c1-15-9-19(10-18-7-5-4-6-8-18)11-20-21(15)29-14-23(22(20)26,12-27-16(2)24)13-28-17(3)25/h4-9,11H,10,12-14H2,1-3H3. The van der Waals surface area contributed by atoms with E-state index in [0.717, 1.165) is 16.7 Å². The Hall–Kier alpha value is -3.15. The van der Waals surface area contributed by atoms with Gasteiger partial charge in [0, 0.05) is 13.8 Å². The van der Waals surface area contributed by atoms with Crippen LogP contribution in [-0.4, -0.2) is 37.5 Å². The molecule has 1 aliphatic heterocycles. The highest BCUT2D eigenvalue weighted by Gasteiger charge is 2.47. The molecule has 6 heteroatoms. The average molecular weight is 396 g/mol. The van der Waals surface area contributed by atoms with E-state index < -0.39 is 17.4 Å². The summed E-state index contributed by atoms with van der Waals surface area (Å²) in [5.41, 5.74) is 2.11. The maximum Gasteiger partial charge on any atom is 0.302 e. The minimum Gasteiger partial charge on any atom is -0.491 e. The lowest BCUT2D eigenvalue weighted by Gasteiger charge is -2.36. The van der Waals surface area contributed by atoms with Crippen molar-refractivity contribution in [2.45, 2.75) is 27.2 Å². The zero-order valence-electron chi connectivity index (χ0n) is 16.8. The van der Waals surface area contributed by atoms with Crippen molar-refractivity contribution in [2.75, 3.05) is 19.8 Å². The monoisotopic (exact) mass is 396 g/mol. The minimum atomic E-state index is -1.26. The van der Waals surface area contributed by atoms with Crippen molar-refractivity contribution in [3.8, 4) is 5.75 Å². The highest BCUT2D eigenvalue weighted by atomic mass is 16.6. The van der Waals surface area contributed by atoms with Gasteiger partial charge in [-0.2, -0.15) is 0 Å². The number of ketones is 1. The number of Topliss-reactive ketones (excluding diaryl/α,β-unsaturated/α-hetero) is 1. The highest BCUT2D eigenvalue weighted by molar-refractivity contribution is 6.04. The predicted molar refractivity (Wildman–Crippen MR) is 106 cm³/mol. The Kier molecular flexibility index (Phi) is 6.01. The third kappa shape index (κ3) is 4.65. The summed E-state index contributed by atoms with van der Waals surface area (Å²) < 4.78 is 16.2. The van der Waals surface area contributed by atoms with E-state index >= 15 is 0 Å². The van der Waals surface area contributed by atoms with Crippen LogP contribution in [0.4, 0.5) is 0 Å². The Morgan fingerprint density at radius 2 is 1.62 bits per heavy atom. The van der Waals surface area contributed by atoms with Crippen molar-refractivity contribution in [1.29, 1.82) is 0 Å². The van der Waals surface area contributed by atoms with Gasteiger partial charge in [-0.1, -0.05) is 36.4 Å². The van der Waals surface area contributed by atoms with Gasteiger partial charge in [0.2, 0.25) is 0 Å². The Morgan fingerprint density at radius 1 is 1.00 bits per heavy atom. The molecule has 0 aromatic heterocycles. The largest absolute Gasteiger partial charge is 0.491 e. The molecule has 0 spiro atoms. The van der Waals surface area contributed by atoms with Crippen LogP contribution in [0.15, 0.2) is 42.5 Å². The number of aryl methyl sites for hydroxylation is 1. The molecule has 0 unspecified atom stereocenters. The lowest BCUT2D eigenvalue weighted by atomic mass is 9.79. The second kappa shape index (κ2) is 8.47. The van der Waals surface area contributed by atoms with Crippen LogP contribution in [0.2, 0.25) is 0 Å². The minimum absolute atomic E-state index is 0.0295. The fraction of sp³-hybridized carbons (Fsp3) is 0.348. The van der Waals surface area contributed by atoms with Crippen LogP contribution in [0.1, 0.15) is 40.9 Å². The van der Waals surface area contributed by atoms with E-state index in [0.29, 0.717) is 17.7 Å². The van der Waals surface area contributed by atoms with Crippen LogP contribution in [0, 0.1) is 12.3 Å². The first-order valence-corrected chi connectivity index (χ1v) is 9.42. The zero-order valence-corrected chi connectivity index (χ0v) is 16.8. The summed E-state index contributed by atoms with van der Waals surface area (Å²) in [6, 6.07) is 13.8. The Morgan fingerprint density at radius 3 is 2.21 bits per heavy atom. The third-order valence-electron chi connectivity index (χ3n) is 4.91. The molecule has 0 N–H and O–H groups in total. The number of fused-ring (bicyclic) bond motifs is 1. The van der Waals surface area contributed by atoms with Gasteiger partial charge in [0.05, 0.1) is 5.56 Å². The fourth-order valence-corrected chi connectivity index (χ4v) is 3.44. The Balaban J connectivity index is 1.96. The second-order valence-electron chi connectivity index (χ2n) is 7.41. The van der Waals surface area contributed by atoms with Crippen molar-refractivity contribution in [2.24, 2.45) is 5.41 Å². The SMILES string of the molecule is CC(=O)OCC1(COC(C)=O)COc2c(C)cc(Cc3ccccc3)cc2C1=O. The van der Waals surface area contributed by atoms with Gasteiger partial charge >= 0.3 is 11.9 Å². The number of esters is 2. The van der Waals surface area contributed by atoms with Gasteiger partial charge in [0.1, 0.15) is 31.0 Å². The Bertz CT molecular complexity index is 914. The first-order chi connectivity index (χ1) is 13.8. The molecule has 2 aromatic carbocycles. The number of hydrogen-bond donors (Lipinski definition) is 0. The first-order valence-electron chi connectivity index (χ1n) is 9.42. The number of hydrogen-bond acceptors (Lipinski definition) is 6. The van der Waals surface area contributed by atoms with E-state index in [1.807, 2.05) is 49.4 Å². The number of carbonyl (C=O) groups is 3. The average Bonchev–Trinajstić information content (AvgIpc) is 2.68. The fourth-order valence-electron chi connectivity index (χ4n) is 3.44. The van der Waals surface area contributed by atoms with Crippen molar-refractivity contribution in [3.63, 3.8) is 0 Å². The summed E-state index contributed by atoms with van der Waals surface area (Å²) in [5.74, 6) is -0.757. The summed E-state index contributed by atoms with van der Waals surface area (Å²) in [6.07, 6.45) is 0.670. The van der Waals surface area contributed by atoms with Crippen LogP contribution in [0.25, 0.3) is 0 Å². The lowest BCUT2D eigenvalue weighted by molar-refractivity contribution is -0.150. The maximum absolute atomic E-state index is 13.5. The smallest absolute Gasteiger partial charge is 0.302 e. The van der Waals surface area contributed by atoms with Gasteiger partial charge < -0.3 is 14.2 Å². The molecular formula is C23H24O6. The third-order valence-corrected chi connectivity index (χ3v) is 4.91. The van der Waals surface area contributed by atoms with Crippen LogP contribution >= 0.6 is 0 Å². The van der Waals surface area contributed by atoms with Crippen molar-refractivity contribution < 1.29 is 28.6 Å². The quantitative estimate of drug-likeness (QED) is 0.698. The molecule has 0 saturated carbocycles. The van der Waals surface area contributed by atoms with E-state index in [2.05, 4.69) is 0 Å². The molecule has 2 aromatic rings. The van der Waals surface area contributed by atoms with Gasteiger partial charge in [-0.3, -0.25) is 14.4 Å². The second-order valence-corrected chi connectivity index (χ2v) is 7.41. The maximum atomic E-state index is 13.5. The predicted octanol–water partition coefficient (Wildman–Crippen LogP) is 3.27. The van der Waals surface area contributed by atoms with Crippen LogP contribution < -0.4 is 4.74 Å². The van der Waals surface area contributed by atoms with Crippen molar-refractivity contribution in [3.05, 3.63) is 64.7 Å². The van der Waals surface area contributed by atoms with Crippen molar-refractivity contribution in [1.82, 2.24) is 0 Å². The number of carbonyl (C=O) groups excluding carboxylic acids is 3. The summed E-state index contributed by atoms with van der Waals surface area (Å²) in [7, 11) is 0. The van der Waals surface area contributed by atoms with Crippen LogP contribution in [0.3, 0.4) is 0 Å². The normalized spacial score (nSPS) is 14.5. The Labute approximate surface area is 169 Å². The van der Waals surface area contributed by atoms with Gasteiger partial charge in [-0.15, -0.1) is 0 Å². The van der Waals surface area contributed by atoms with Gasteiger partial charge in [-0.25, -0.2) is 0 Å². The van der Waals surface area contributed by atoms with E-state index in [1.54, 1.807) is 0 Å². The van der Waals surface area contributed by atoms with Gasteiger partial charge in [0.15, 0.2) is 5.78 Å². The molecule has 0 bridgehead atoms. The summed E-state index contributed by atoms with van der Waals surface area (Å²) in [6.45, 7) is 3.98. The molecule has 0 aliphatic carbocycles. The molecule has 0 saturated heterocycles. The highest BCUT2D eigenvalue weighted by Crippen LogP contribution is 2.38. The molecule has 3 rings (SSSR count). The molecule has 0 fully saturated rings. The summed E-state index contributed by atoms with van der Waals surface area (Å²) >= 11 is 0. The topological polar surface area (TPSA) is 78.9 Å². The number of benzene rings is 2. The molecule has 0 radical (unpaired) electrons. The molecule has 29 heavy (non-hydrogen) atoms. The van der Waals surface area contributed by atoms with Gasteiger partial charge in [0.25, 0.3) is 0 Å². The summed E-state index contributed by atoms with van der Waals surface area (Å²) in [4.78, 5) is 36.2. The van der Waals surface area contributed by atoms with E-state index in [-0.39, 0.29) is 25.6 Å². The summed E-state index contributed by atoms with van der Waals surface area (Å²) in [5, 5.41) is 0. The molecule has 152 valence electrons. The van der Waals surface area contributed by atoms with E-state index in [9.17, 15) is 14.4 Å². The van der Waals surface area contributed by atoms with Gasteiger partial charge in [-0.05, 0) is 36.1 Å². The molecule has 1 heterocycles. The molecule has 0 amide bonds. The lowest BCUT2D eigenvalue weighted by Crippen LogP contribution is -2.49. The van der Waals surface area contributed by atoms with Crippen LogP contribution in [-0.2, 0) is 25.5 Å². The van der Waals surface area contributed by atoms with Crippen LogP contribution in [0.5, 0.6) is 5.75 Å². The molecular weight excluding hydrogens is 372 g/mol. The molecule has 1 aliphatic rings. The number of ether oxygens (including phenoxy) is 3. The first kappa shape index (κ1) is 20.6. The molecule has 0 atom stereocenters.